The number of H-pyrrole nitrogens is 2. The van der Waals surface area contributed by atoms with Crippen molar-refractivity contribution in [3.8, 4) is 5.75 Å². The lowest BCUT2D eigenvalue weighted by molar-refractivity contribution is 0.263. The molecule has 7 nitrogen and oxygen atoms in total. The predicted octanol–water partition coefficient (Wildman–Crippen LogP) is 1.86. The molecule has 2 rings (SSSR count). The molecule has 0 spiro atoms. The number of benzene rings is 1. The number of rotatable bonds is 2. The lowest BCUT2D eigenvalue weighted by Crippen LogP contribution is -2.48. The van der Waals surface area contributed by atoms with Crippen LogP contribution in [-0.2, 0) is 5.41 Å². The SMILES string of the molecule is CC(C)(C)c1cc(O)ccc1C(n1c(=O)[nH]c(=O)[nH]c1=O)C(C)(C)C. The van der Waals surface area contributed by atoms with Crippen LogP contribution in [0.25, 0.3) is 0 Å². The second-order valence-electron chi connectivity index (χ2n) is 8.35. The molecule has 7 heteroatoms. The van der Waals surface area contributed by atoms with Crippen molar-refractivity contribution < 1.29 is 5.11 Å². The Labute approximate surface area is 145 Å². The number of aromatic hydroxyl groups is 1. The molecular weight excluding hydrogens is 322 g/mol. The fraction of sp³-hybridized carbons (Fsp3) is 0.500. The molecular formula is C18H25N3O4. The van der Waals surface area contributed by atoms with E-state index in [0.717, 1.165) is 15.7 Å². The van der Waals surface area contributed by atoms with Crippen LogP contribution in [0.1, 0.15) is 58.7 Å². The van der Waals surface area contributed by atoms with Crippen LogP contribution in [0, 0.1) is 5.41 Å². The summed E-state index contributed by atoms with van der Waals surface area (Å²) in [7, 11) is 0. The van der Waals surface area contributed by atoms with E-state index in [1.165, 1.54) is 6.07 Å². The summed E-state index contributed by atoms with van der Waals surface area (Å²) in [6.07, 6.45) is 0. The minimum atomic E-state index is -0.833. The quantitative estimate of drug-likeness (QED) is 0.770. The highest BCUT2D eigenvalue weighted by Crippen LogP contribution is 2.40. The van der Waals surface area contributed by atoms with Gasteiger partial charge in [-0.25, -0.2) is 19.0 Å². The smallest absolute Gasteiger partial charge is 0.334 e. The van der Waals surface area contributed by atoms with E-state index < -0.39 is 28.5 Å². The molecule has 0 amide bonds. The Balaban J connectivity index is 2.91. The number of phenolic OH excluding ortho intramolecular Hbond substituents is 1. The van der Waals surface area contributed by atoms with Gasteiger partial charge < -0.3 is 5.11 Å². The van der Waals surface area contributed by atoms with Crippen molar-refractivity contribution in [2.45, 2.75) is 53.0 Å². The first-order chi connectivity index (χ1) is 11.3. The van der Waals surface area contributed by atoms with Gasteiger partial charge in [0.25, 0.3) is 0 Å². The average Bonchev–Trinajstić information content (AvgIpc) is 2.41. The van der Waals surface area contributed by atoms with Crippen LogP contribution >= 0.6 is 0 Å². The zero-order valence-corrected chi connectivity index (χ0v) is 15.4. The molecule has 0 bridgehead atoms. The predicted molar refractivity (Wildman–Crippen MR) is 96.3 cm³/mol. The van der Waals surface area contributed by atoms with E-state index in [9.17, 15) is 19.5 Å². The van der Waals surface area contributed by atoms with Crippen molar-refractivity contribution in [2.24, 2.45) is 5.41 Å². The van der Waals surface area contributed by atoms with Gasteiger partial charge in [0, 0.05) is 0 Å². The highest BCUT2D eigenvalue weighted by molar-refractivity contribution is 5.41. The van der Waals surface area contributed by atoms with E-state index in [-0.39, 0.29) is 11.2 Å². The number of aromatic nitrogens is 3. The second kappa shape index (κ2) is 6.06. The van der Waals surface area contributed by atoms with Crippen LogP contribution in [0.4, 0.5) is 0 Å². The van der Waals surface area contributed by atoms with Crippen LogP contribution in [0.3, 0.4) is 0 Å². The molecule has 0 fully saturated rings. The fourth-order valence-electron chi connectivity index (χ4n) is 3.10. The van der Waals surface area contributed by atoms with Crippen LogP contribution in [0.5, 0.6) is 5.75 Å². The first kappa shape index (κ1) is 18.8. The van der Waals surface area contributed by atoms with Gasteiger partial charge in [-0.05, 0) is 34.1 Å². The average molecular weight is 347 g/mol. The summed E-state index contributed by atoms with van der Waals surface area (Å²) in [5, 5.41) is 9.92. The van der Waals surface area contributed by atoms with Gasteiger partial charge in [0.15, 0.2) is 0 Å². The number of aromatic amines is 2. The van der Waals surface area contributed by atoms with Crippen molar-refractivity contribution >= 4 is 0 Å². The normalized spacial score (nSPS) is 13.7. The maximum Gasteiger partial charge on any atom is 0.334 e. The zero-order chi connectivity index (χ0) is 19.2. The number of hydrogen-bond donors (Lipinski definition) is 3. The topological polar surface area (TPSA) is 108 Å². The van der Waals surface area contributed by atoms with Gasteiger partial charge in [-0.3, -0.25) is 9.97 Å². The summed E-state index contributed by atoms with van der Waals surface area (Å²) in [6, 6.07) is 4.28. The molecule has 2 aromatic rings. The monoisotopic (exact) mass is 347 g/mol. The van der Waals surface area contributed by atoms with Crippen molar-refractivity contribution in [3.05, 3.63) is 60.8 Å². The van der Waals surface area contributed by atoms with Crippen LogP contribution in [0.15, 0.2) is 32.6 Å². The first-order valence-corrected chi connectivity index (χ1v) is 8.11. The largest absolute Gasteiger partial charge is 0.508 e. The van der Waals surface area contributed by atoms with Crippen LogP contribution in [0.2, 0.25) is 0 Å². The van der Waals surface area contributed by atoms with E-state index >= 15 is 0 Å². The van der Waals surface area contributed by atoms with Gasteiger partial charge in [-0.2, -0.15) is 0 Å². The minimum absolute atomic E-state index is 0.115. The Bertz CT molecular complexity index is 918. The van der Waals surface area contributed by atoms with E-state index in [1.54, 1.807) is 12.1 Å². The molecule has 1 aromatic carbocycles. The van der Waals surface area contributed by atoms with E-state index in [0.29, 0.717) is 0 Å². The highest BCUT2D eigenvalue weighted by atomic mass is 16.3. The van der Waals surface area contributed by atoms with Crippen molar-refractivity contribution in [1.29, 1.82) is 0 Å². The molecule has 0 radical (unpaired) electrons. The van der Waals surface area contributed by atoms with Crippen molar-refractivity contribution in [3.63, 3.8) is 0 Å². The van der Waals surface area contributed by atoms with Gasteiger partial charge >= 0.3 is 17.1 Å². The number of nitrogens with one attached hydrogen (secondary N) is 2. The number of hydrogen-bond acceptors (Lipinski definition) is 4. The lowest BCUT2D eigenvalue weighted by Gasteiger charge is -2.35. The standard InChI is InChI=1S/C18H25N3O4/c1-17(2,3)12-9-10(22)7-8-11(12)13(18(4,5)6)21-15(24)19-14(23)20-16(21)25/h7-9,13,22H,1-6H3,(H2,19,20,23,24,25). The summed E-state index contributed by atoms with van der Waals surface area (Å²) >= 11 is 0. The van der Waals surface area contributed by atoms with Crippen molar-refractivity contribution in [2.75, 3.05) is 0 Å². The Kier molecular flexibility index (Phi) is 4.55. The van der Waals surface area contributed by atoms with E-state index in [4.69, 9.17) is 0 Å². The molecule has 25 heavy (non-hydrogen) atoms. The maximum absolute atomic E-state index is 12.4. The second-order valence-corrected chi connectivity index (χ2v) is 8.35. The molecule has 0 saturated carbocycles. The third-order valence-electron chi connectivity index (χ3n) is 4.10. The summed E-state index contributed by atoms with van der Waals surface area (Å²) < 4.78 is 1.03. The van der Waals surface area contributed by atoms with Gasteiger partial charge in [0.05, 0.1) is 6.04 Å². The first-order valence-electron chi connectivity index (χ1n) is 8.11. The Morgan fingerprint density at radius 2 is 1.48 bits per heavy atom. The van der Waals surface area contributed by atoms with Gasteiger partial charge in [0.1, 0.15) is 5.75 Å². The molecule has 1 heterocycles. The highest BCUT2D eigenvalue weighted by Gasteiger charge is 2.34. The van der Waals surface area contributed by atoms with Crippen LogP contribution < -0.4 is 17.1 Å². The maximum atomic E-state index is 12.4. The molecule has 0 aliphatic carbocycles. The molecule has 1 aromatic heterocycles. The molecule has 1 atom stereocenters. The molecule has 3 N–H and O–H groups in total. The Hall–Kier alpha value is -2.57. The fourth-order valence-corrected chi connectivity index (χ4v) is 3.10. The third kappa shape index (κ3) is 3.75. The van der Waals surface area contributed by atoms with Gasteiger partial charge in [0.2, 0.25) is 0 Å². The molecule has 0 aliphatic heterocycles. The summed E-state index contributed by atoms with van der Waals surface area (Å²) in [4.78, 5) is 40.4. The third-order valence-corrected chi connectivity index (χ3v) is 4.10. The molecule has 136 valence electrons. The minimum Gasteiger partial charge on any atom is -0.508 e. The van der Waals surface area contributed by atoms with Crippen molar-refractivity contribution in [1.82, 2.24) is 14.5 Å². The summed E-state index contributed by atoms with van der Waals surface area (Å²) in [5.74, 6) is 0.115. The Morgan fingerprint density at radius 1 is 0.960 bits per heavy atom. The van der Waals surface area contributed by atoms with Gasteiger partial charge in [-0.15, -0.1) is 0 Å². The number of nitrogens with zero attached hydrogens (tertiary/aromatic N) is 1. The van der Waals surface area contributed by atoms with E-state index in [1.807, 2.05) is 41.5 Å². The Morgan fingerprint density at radius 3 is 1.92 bits per heavy atom. The van der Waals surface area contributed by atoms with Gasteiger partial charge in [-0.1, -0.05) is 47.6 Å². The summed E-state index contributed by atoms with van der Waals surface area (Å²) in [5.41, 5.74) is -1.62. The van der Waals surface area contributed by atoms with E-state index in [2.05, 4.69) is 9.97 Å². The lowest BCUT2D eigenvalue weighted by atomic mass is 9.75. The molecule has 1 unspecified atom stereocenters. The number of phenols is 1. The molecule has 0 aliphatic rings. The summed E-state index contributed by atoms with van der Waals surface area (Å²) in [6.45, 7) is 11.7. The van der Waals surface area contributed by atoms with Crippen LogP contribution in [-0.4, -0.2) is 19.6 Å². The molecule has 0 saturated heterocycles. The zero-order valence-electron chi connectivity index (χ0n) is 15.4.